The highest BCUT2D eigenvalue weighted by atomic mass is 16.6. The molecule has 0 N–H and O–H groups in total. The van der Waals surface area contributed by atoms with Gasteiger partial charge in [-0.1, -0.05) is 0 Å². The van der Waals surface area contributed by atoms with Crippen LogP contribution in [0.4, 0.5) is 5.69 Å². The normalized spacial score (nSPS) is 9.30. The lowest BCUT2D eigenvalue weighted by Crippen LogP contribution is -1.95. The third kappa shape index (κ3) is 2.68. The molecule has 7 nitrogen and oxygen atoms in total. The number of aromatic nitrogens is 1. The molecule has 2 rings (SSSR count). The molecular weight excluding hydrogens is 260 g/mol. The number of nitro groups is 1. The van der Waals surface area contributed by atoms with Gasteiger partial charge in [0.1, 0.15) is 17.5 Å². The van der Waals surface area contributed by atoms with Crippen LogP contribution in [0.3, 0.4) is 0 Å². The molecule has 1 aromatic carbocycles. The van der Waals surface area contributed by atoms with Crippen LogP contribution in [0.25, 0.3) is 0 Å². The van der Waals surface area contributed by atoms with Crippen LogP contribution >= 0.6 is 0 Å². The lowest BCUT2D eigenvalue weighted by atomic mass is 10.2. The van der Waals surface area contributed by atoms with Crippen molar-refractivity contribution in [1.29, 1.82) is 10.5 Å². The first-order valence-corrected chi connectivity index (χ1v) is 5.36. The highest BCUT2D eigenvalue weighted by molar-refractivity contribution is 5.53. The van der Waals surface area contributed by atoms with Crippen LogP contribution in [0.1, 0.15) is 11.3 Å². The molecule has 0 aliphatic rings. The zero-order valence-corrected chi connectivity index (χ0v) is 9.98. The van der Waals surface area contributed by atoms with Crippen molar-refractivity contribution in [2.24, 2.45) is 0 Å². The van der Waals surface area contributed by atoms with Crippen molar-refractivity contribution in [2.75, 3.05) is 0 Å². The van der Waals surface area contributed by atoms with E-state index in [1.807, 2.05) is 12.1 Å². The number of nitriles is 2. The predicted molar refractivity (Wildman–Crippen MR) is 66.8 cm³/mol. The van der Waals surface area contributed by atoms with Gasteiger partial charge in [-0.05, 0) is 24.3 Å². The summed E-state index contributed by atoms with van der Waals surface area (Å²) in [6.45, 7) is 0. The number of rotatable bonds is 3. The van der Waals surface area contributed by atoms with Gasteiger partial charge in [-0.3, -0.25) is 10.1 Å². The molecule has 0 unspecified atom stereocenters. The summed E-state index contributed by atoms with van der Waals surface area (Å²) in [5.41, 5.74) is 0.0714. The van der Waals surface area contributed by atoms with E-state index in [-0.39, 0.29) is 28.4 Å². The molecule has 2 aromatic rings. The number of nitro benzene ring substituents is 1. The van der Waals surface area contributed by atoms with Crippen molar-refractivity contribution in [3.63, 3.8) is 0 Å². The summed E-state index contributed by atoms with van der Waals surface area (Å²) in [7, 11) is 0. The Balaban J connectivity index is 2.35. The largest absolute Gasteiger partial charge is 0.449 e. The molecule has 0 saturated carbocycles. The lowest BCUT2D eigenvalue weighted by molar-refractivity contribution is -0.385. The fourth-order valence-corrected chi connectivity index (χ4v) is 1.45. The molecule has 0 radical (unpaired) electrons. The van der Waals surface area contributed by atoms with Gasteiger partial charge in [-0.15, -0.1) is 0 Å². The van der Waals surface area contributed by atoms with E-state index < -0.39 is 4.92 Å². The van der Waals surface area contributed by atoms with Crippen LogP contribution in [-0.2, 0) is 0 Å². The van der Waals surface area contributed by atoms with E-state index in [0.717, 1.165) is 6.07 Å². The van der Waals surface area contributed by atoms with E-state index in [2.05, 4.69) is 4.98 Å². The highest BCUT2D eigenvalue weighted by Crippen LogP contribution is 2.31. The van der Waals surface area contributed by atoms with Gasteiger partial charge in [-0.2, -0.15) is 10.5 Å². The van der Waals surface area contributed by atoms with Crippen LogP contribution in [0.15, 0.2) is 36.5 Å². The minimum absolute atomic E-state index is 0.000470. The number of hydrogen-bond donors (Lipinski definition) is 0. The molecule has 0 bridgehead atoms. The molecule has 0 amide bonds. The molecule has 20 heavy (non-hydrogen) atoms. The fraction of sp³-hybridized carbons (Fsp3) is 0. The van der Waals surface area contributed by atoms with Crippen LogP contribution < -0.4 is 4.74 Å². The van der Waals surface area contributed by atoms with Crippen molar-refractivity contribution in [2.45, 2.75) is 0 Å². The van der Waals surface area contributed by atoms with Gasteiger partial charge in [0, 0.05) is 6.07 Å². The third-order valence-corrected chi connectivity index (χ3v) is 2.36. The lowest BCUT2D eigenvalue weighted by Gasteiger charge is -2.05. The Bertz CT molecular complexity index is 742. The van der Waals surface area contributed by atoms with Gasteiger partial charge in [0.15, 0.2) is 0 Å². The quantitative estimate of drug-likeness (QED) is 0.623. The van der Waals surface area contributed by atoms with Gasteiger partial charge in [0.05, 0.1) is 22.8 Å². The van der Waals surface area contributed by atoms with Crippen LogP contribution in [0.2, 0.25) is 0 Å². The second-order valence-electron chi connectivity index (χ2n) is 3.64. The van der Waals surface area contributed by atoms with Crippen LogP contribution in [0.5, 0.6) is 11.5 Å². The molecule has 0 spiro atoms. The molecule has 7 heteroatoms. The summed E-state index contributed by atoms with van der Waals surface area (Å²) in [6, 6.07) is 10.5. The van der Waals surface area contributed by atoms with Crippen LogP contribution in [-0.4, -0.2) is 9.91 Å². The van der Waals surface area contributed by atoms with Crippen molar-refractivity contribution < 1.29 is 9.66 Å². The number of hydrogen-bond acceptors (Lipinski definition) is 6. The number of nitrogens with zero attached hydrogens (tertiary/aromatic N) is 4. The maximum atomic E-state index is 10.9. The maximum Gasteiger partial charge on any atom is 0.312 e. The Hall–Kier alpha value is -3.45. The smallest absolute Gasteiger partial charge is 0.312 e. The van der Waals surface area contributed by atoms with E-state index in [1.54, 1.807) is 0 Å². The summed E-state index contributed by atoms with van der Waals surface area (Å²) < 4.78 is 5.35. The minimum atomic E-state index is -0.632. The van der Waals surface area contributed by atoms with E-state index >= 15 is 0 Å². The molecule has 0 aliphatic carbocycles. The first-order valence-electron chi connectivity index (χ1n) is 5.36. The molecule has 1 heterocycles. The summed E-state index contributed by atoms with van der Waals surface area (Å²) in [5.74, 6) is 0.261. The van der Waals surface area contributed by atoms with Gasteiger partial charge >= 0.3 is 5.69 Å². The molecule has 0 fully saturated rings. The number of benzene rings is 1. The Morgan fingerprint density at radius 2 is 2.00 bits per heavy atom. The van der Waals surface area contributed by atoms with Gasteiger partial charge in [0.2, 0.25) is 5.75 Å². The molecular formula is C13H6N4O3. The van der Waals surface area contributed by atoms with E-state index in [1.165, 1.54) is 30.5 Å². The average molecular weight is 266 g/mol. The number of ether oxygens (including phenoxy) is 1. The summed E-state index contributed by atoms with van der Waals surface area (Å²) >= 11 is 0. The fourth-order valence-electron chi connectivity index (χ4n) is 1.45. The summed E-state index contributed by atoms with van der Waals surface area (Å²) in [6.07, 6.45) is 1.29. The Morgan fingerprint density at radius 1 is 1.20 bits per heavy atom. The average Bonchev–Trinajstić information content (AvgIpc) is 2.48. The third-order valence-electron chi connectivity index (χ3n) is 2.36. The Morgan fingerprint density at radius 3 is 2.55 bits per heavy atom. The first-order chi connectivity index (χ1) is 9.63. The highest BCUT2D eigenvalue weighted by Gasteiger charge is 2.17. The second kappa shape index (κ2) is 5.46. The minimum Gasteiger partial charge on any atom is -0.449 e. The second-order valence-corrected chi connectivity index (χ2v) is 3.64. The molecule has 96 valence electrons. The zero-order valence-electron chi connectivity index (χ0n) is 9.98. The summed E-state index contributed by atoms with van der Waals surface area (Å²) in [5, 5.41) is 28.3. The van der Waals surface area contributed by atoms with Gasteiger partial charge in [-0.25, -0.2) is 4.98 Å². The van der Waals surface area contributed by atoms with Crippen molar-refractivity contribution in [1.82, 2.24) is 4.98 Å². The van der Waals surface area contributed by atoms with Crippen LogP contribution in [0, 0.1) is 32.8 Å². The van der Waals surface area contributed by atoms with E-state index in [4.69, 9.17) is 15.3 Å². The maximum absolute atomic E-state index is 10.9. The van der Waals surface area contributed by atoms with Crippen molar-refractivity contribution in [3.05, 3.63) is 57.9 Å². The standard InChI is InChI=1S/C13H6N4O3/c14-6-9-1-4-13(12(5-9)17(18)19)20-11-3-2-10(7-15)16-8-11/h1-5,8H. The monoisotopic (exact) mass is 266 g/mol. The SMILES string of the molecule is N#Cc1ccc(Oc2ccc(C#N)nc2)c([N+](=O)[O-])c1. The van der Waals surface area contributed by atoms with E-state index in [9.17, 15) is 10.1 Å². The van der Waals surface area contributed by atoms with E-state index in [0.29, 0.717) is 0 Å². The Labute approximate surface area is 113 Å². The van der Waals surface area contributed by atoms with Gasteiger partial charge in [0.25, 0.3) is 0 Å². The first kappa shape index (κ1) is 13.0. The molecule has 0 atom stereocenters. The molecule has 0 saturated heterocycles. The predicted octanol–water partition coefficient (Wildman–Crippen LogP) is 2.53. The van der Waals surface area contributed by atoms with Crippen molar-refractivity contribution >= 4 is 5.69 Å². The molecule has 0 aliphatic heterocycles. The number of pyridine rings is 1. The van der Waals surface area contributed by atoms with Gasteiger partial charge < -0.3 is 4.74 Å². The zero-order chi connectivity index (χ0) is 14.5. The molecule has 1 aromatic heterocycles. The topological polar surface area (TPSA) is 113 Å². The van der Waals surface area contributed by atoms with Crippen molar-refractivity contribution in [3.8, 4) is 23.6 Å². The Kier molecular flexibility index (Phi) is 3.55. The summed E-state index contributed by atoms with van der Waals surface area (Å²) in [4.78, 5) is 14.1.